The van der Waals surface area contributed by atoms with Crippen LogP contribution < -0.4 is 9.80 Å². The number of carbonyl (C=O) groups excluding carboxylic acids is 1. The van der Waals surface area contributed by atoms with E-state index < -0.39 is 0 Å². The fourth-order valence-electron chi connectivity index (χ4n) is 2.40. The molecule has 0 amide bonds. The number of benzene rings is 1. The molecule has 0 aliphatic rings. The van der Waals surface area contributed by atoms with Gasteiger partial charge in [0.05, 0.1) is 5.56 Å². The number of rotatable bonds is 8. The average Bonchev–Trinajstić information content (AvgIpc) is 2.65. The number of aromatic nitrogens is 2. The molecular weight excluding hydrogens is 320 g/mol. The third kappa shape index (κ3) is 4.47. The third-order valence-electron chi connectivity index (χ3n) is 3.98. The third-order valence-corrected chi connectivity index (χ3v) is 4.54. The quantitative estimate of drug-likeness (QED) is 0.416. The van der Waals surface area contributed by atoms with Crippen molar-refractivity contribution < 1.29 is 4.79 Å². The van der Waals surface area contributed by atoms with Gasteiger partial charge in [-0.05, 0) is 30.4 Å². The minimum Gasteiger partial charge on any atom is -0.373 e. The summed E-state index contributed by atoms with van der Waals surface area (Å²) in [5.41, 5.74) is 3.05. The lowest BCUT2D eigenvalue weighted by atomic mass is 10.1. The van der Waals surface area contributed by atoms with Gasteiger partial charge >= 0.3 is 0 Å². The minimum absolute atomic E-state index is 0.519. The van der Waals surface area contributed by atoms with Gasteiger partial charge in [0.1, 0.15) is 5.82 Å². The highest BCUT2D eigenvalue weighted by Crippen LogP contribution is 2.19. The molecular formula is C18H24N4OS. The smallest absolute Gasteiger partial charge is 0.189 e. The van der Waals surface area contributed by atoms with Crippen molar-refractivity contribution in [3.05, 3.63) is 41.6 Å². The molecule has 1 aromatic heterocycles. The van der Waals surface area contributed by atoms with E-state index in [1.54, 1.807) is 6.20 Å². The van der Waals surface area contributed by atoms with Crippen LogP contribution in [0.2, 0.25) is 0 Å². The molecule has 5 nitrogen and oxygen atoms in total. The van der Waals surface area contributed by atoms with Gasteiger partial charge < -0.3 is 9.80 Å². The van der Waals surface area contributed by atoms with Crippen LogP contribution in [0.3, 0.4) is 0 Å². The molecule has 0 bridgehead atoms. The van der Waals surface area contributed by atoms with Gasteiger partial charge in [-0.15, -0.1) is 0 Å². The Morgan fingerprint density at radius 3 is 2.62 bits per heavy atom. The highest BCUT2D eigenvalue weighted by Gasteiger charge is 2.12. The first-order chi connectivity index (χ1) is 11.6. The van der Waals surface area contributed by atoms with Crippen LogP contribution in [0.4, 0.5) is 11.5 Å². The van der Waals surface area contributed by atoms with Crippen LogP contribution in [-0.4, -0.2) is 49.7 Å². The molecule has 0 spiro atoms. The first-order valence-corrected chi connectivity index (χ1v) is 9.19. The van der Waals surface area contributed by atoms with Crippen LogP contribution in [-0.2, 0) is 6.42 Å². The van der Waals surface area contributed by atoms with Crippen molar-refractivity contribution in [3.63, 3.8) is 0 Å². The molecule has 0 aliphatic carbocycles. The van der Waals surface area contributed by atoms with E-state index in [1.165, 1.54) is 23.0 Å². The van der Waals surface area contributed by atoms with Gasteiger partial charge in [-0.2, -0.15) is 0 Å². The second-order valence-electron chi connectivity index (χ2n) is 5.62. The number of hydrogen-bond acceptors (Lipinski definition) is 6. The summed E-state index contributed by atoms with van der Waals surface area (Å²) in [7, 11) is 4.03. The largest absolute Gasteiger partial charge is 0.373 e. The van der Waals surface area contributed by atoms with E-state index in [2.05, 4.69) is 53.1 Å². The number of likely N-dealkylation sites (N-methyl/N-ethyl adjacent to an activating group) is 2. The molecule has 6 heteroatoms. The first kappa shape index (κ1) is 18.3. The lowest BCUT2D eigenvalue weighted by molar-refractivity contribution is 0.112. The van der Waals surface area contributed by atoms with Crippen LogP contribution in [0.1, 0.15) is 22.8 Å². The number of carbonyl (C=O) groups is 1. The maximum Gasteiger partial charge on any atom is 0.189 e. The minimum atomic E-state index is 0.519. The Kier molecular flexibility index (Phi) is 6.61. The highest BCUT2D eigenvalue weighted by molar-refractivity contribution is 7.98. The summed E-state index contributed by atoms with van der Waals surface area (Å²) in [6.45, 7) is 3.76. The molecule has 0 saturated carbocycles. The van der Waals surface area contributed by atoms with Gasteiger partial charge in [0, 0.05) is 39.1 Å². The van der Waals surface area contributed by atoms with E-state index in [9.17, 15) is 4.79 Å². The van der Waals surface area contributed by atoms with E-state index in [1.807, 2.05) is 18.2 Å². The molecule has 0 aliphatic heterocycles. The molecule has 0 fully saturated rings. The zero-order valence-corrected chi connectivity index (χ0v) is 15.5. The van der Waals surface area contributed by atoms with Crippen LogP contribution in [0.15, 0.2) is 35.6 Å². The van der Waals surface area contributed by atoms with Crippen molar-refractivity contribution in [1.29, 1.82) is 0 Å². The Morgan fingerprint density at radius 2 is 1.96 bits per heavy atom. The maximum atomic E-state index is 11.2. The summed E-state index contributed by atoms with van der Waals surface area (Å²) in [5.74, 6) is 0.681. The number of aldehydes is 1. The molecule has 0 radical (unpaired) electrons. The van der Waals surface area contributed by atoms with Gasteiger partial charge in [-0.3, -0.25) is 4.79 Å². The highest BCUT2D eigenvalue weighted by atomic mass is 32.2. The molecule has 0 saturated heterocycles. The number of aryl methyl sites for hydroxylation is 1. The van der Waals surface area contributed by atoms with Gasteiger partial charge in [0.2, 0.25) is 0 Å². The van der Waals surface area contributed by atoms with Gasteiger partial charge in [-0.1, -0.05) is 30.8 Å². The summed E-state index contributed by atoms with van der Waals surface area (Å²) in [6.07, 6.45) is 5.35. The normalized spacial score (nSPS) is 10.5. The standard InChI is InChI=1S/C18H24N4OS/c1-5-14-7-6-8-16(11-14)21(2)9-10-22(3)17-15(13-23)12-19-18(20-17)24-4/h6-8,11-13H,5,9-10H2,1-4H3. The maximum absolute atomic E-state index is 11.2. The van der Waals surface area contributed by atoms with Gasteiger partial charge in [-0.25, -0.2) is 9.97 Å². The van der Waals surface area contributed by atoms with Gasteiger partial charge in [0.25, 0.3) is 0 Å². The van der Waals surface area contributed by atoms with E-state index in [-0.39, 0.29) is 0 Å². The fourth-order valence-corrected chi connectivity index (χ4v) is 2.74. The predicted molar refractivity (Wildman–Crippen MR) is 102 cm³/mol. The van der Waals surface area contributed by atoms with Crippen LogP contribution in [0.5, 0.6) is 0 Å². The summed E-state index contributed by atoms with van der Waals surface area (Å²) in [4.78, 5) is 24.1. The summed E-state index contributed by atoms with van der Waals surface area (Å²) < 4.78 is 0. The molecule has 0 N–H and O–H groups in total. The lowest BCUT2D eigenvalue weighted by Crippen LogP contribution is -2.31. The summed E-state index contributed by atoms with van der Waals surface area (Å²) >= 11 is 1.47. The fraction of sp³-hybridized carbons (Fsp3) is 0.389. The Morgan fingerprint density at radius 1 is 1.21 bits per heavy atom. The van der Waals surface area contributed by atoms with Crippen molar-refractivity contribution in [3.8, 4) is 0 Å². The van der Waals surface area contributed by atoms with Crippen molar-refractivity contribution in [2.75, 3.05) is 43.2 Å². The molecule has 0 unspecified atom stereocenters. The Bertz CT molecular complexity index is 692. The first-order valence-electron chi connectivity index (χ1n) is 7.96. The number of nitrogens with zero attached hydrogens (tertiary/aromatic N) is 4. The average molecular weight is 344 g/mol. The lowest BCUT2D eigenvalue weighted by Gasteiger charge is -2.25. The van der Waals surface area contributed by atoms with Crippen LogP contribution in [0.25, 0.3) is 0 Å². The van der Waals surface area contributed by atoms with E-state index in [0.29, 0.717) is 16.5 Å². The van der Waals surface area contributed by atoms with Crippen molar-refractivity contribution >= 4 is 29.6 Å². The topological polar surface area (TPSA) is 49.3 Å². The molecule has 128 valence electrons. The molecule has 24 heavy (non-hydrogen) atoms. The SMILES string of the molecule is CCc1cccc(N(C)CCN(C)c2nc(SC)ncc2C=O)c1. The monoisotopic (exact) mass is 344 g/mol. The summed E-state index contributed by atoms with van der Waals surface area (Å²) in [6, 6.07) is 8.57. The number of thioether (sulfide) groups is 1. The summed E-state index contributed by atoms with van der Waals surface area (Å²) in [5, 5.41) is 0.673. The molecule has 2 aromatic rings. The molecule has 2 rings (SSSR count). The van der Waals surface area contributed by atoms with Gasteiger partial charge in [0.15, 0.2) is 11.4 Å². The zero-order valence-electron chi connectivity index (χ0n) is 14.7. The van der Waals surface area contributed by atoms with E-state index in [0.717, 1.165) is 25.8 Å². The van der Waals surface area contributed by atoms with Crippen molar-refractivity contribution in [2.24, 2.45) is 0 Å². The number of hydrogen-bond donors (Lipinski definition) is 0. The predicted octanol–water partition coefficient (Wildman–Crippen LogP) is 3.15. The van der Waals surface area contributed by atoms with Crippen LogP contribution in [0, 0.1) is 0 Å². The Labute approximate surface area is 148 Å². The van der Waals surface area contributed by atoms with Crippen molar-refractivity contribution in [2.45, 2.75) is 18.5 Å². The number of anilines is 2. The second-order valence-corrected chi connectivity index (χ2v) is 6.39. The van der Waals surface area contributed by atoms with E-state index >= 15 is 0 Å². The van der Waals surface area contributed by atoms with Crippen LogP contribution >= 0.6 is 11.8 Å². The van der Waals surface area contributed by atoms with E-state index in [4.69, 9.17) is 0 Å². The molecule has 1 aromatic carbocycles. The Hall–Kier alpha value is -2.08. The molecule has 0 atom stereocenters. The Balaban J connectivity index is 2.06. The zero-order chi connectivity index (χ0) is 17.5. The van der Waals surface area contributed by atoms with Crippen molar-refractivity contribution in [1.82, 2.24) is 9.97 Å². The molecule has 1 heterocycles. The second kappa shape index (κ2) is 8.68.